The van der Waals surface area contributed by atoms with Gasteiger partial charge in [0.2, 0.25) is 5.91 Å². The van der Waals surface area contributed by atoms with Crippen molar-refractivity contribution in [3.63, 3.8) is 0 Å². The van der Waals surface area contributed by atoms with Crippen LogP contribution in [0.1, 0.15) is 28.1 Å². The number of ether oxygens (including phenoxy) is 2. The van der Waals surface area contributed by atoms with E-state index in [1.54, 1.807) is 14.2 Å². The fraction of sp³-hybridized carbons (Fsp3) is 0.400. The molecule has 144 valence electrons. The molecule has 1 aromatic heterocycles. The van der Waals surface area contributed by atoms with E-state index in [1.807, 2.05) is 40.6 Å². The van der Waals surface area contributed by atoms with Gasteiger partial charge in [-0.15, -0.1) is 11.3 Å². The minimum absolute atomic E-state index is 0.0277. The predicted octanol–water partition coefficient (Wildman–Crippen LogP) is 2.73. The van der Waals surface area contributed by atoms with E-state index in [0.29, 0.717) is 31.0 Å². The third kappa shape index (κ3) is 4.80. The summed E-state index contributed by atoms with van der Waals surface area (Å²) >= 11 is 1.44. The Kier molecular flexibility index (Phi) is 6.34. The fourth-order valence-corrected chi connectivity index (χ4v) is 3.84. The van der Waals surface area contributed by atoms with Crippen LogP contribution < -0.4 is 14.8 Å². The zero-order valence-corrected chi connectivity index (χ0v) is 16.4. The van der Waals surface area contributed by atoms with Crippen molar-refractivity contribution in [3.8, 4) is 11.5 Å². The number of methoxy groups -OCH3 is 2. The smallest absolute Gasteiger partial charge is 0.261 e. The first-order valence-corrected chi connectivity index (χ1v) is 9.81. The van der Waals surface area contributed by atoms with Crippen LogP contribution in [0, 0.1) is 0 Å². The molecule has 0 bridgehead atoms. The third-order valence-corrected chi connectivity index (χ3v) is 5.60. The van der Waals surface area contributed by atoms with E-state index in [0.717, 1.165) is 23.3 Å². The van der Waals surface area contributed by atoms with Crippen molar-refractivity contribution in [2.45, 2.75) is 25.3 Å². The van der Waals surface area contributed by atoms with Gasteiger partial charge in [-0.2, -0.15) is 0 Å². The Morgan fingerprint density at radius 1 is 1.15 bits per heavy atom. The summed E-state index contributed by atoms with van der Waals surface area (Å²) in [5, 5.41) is 4.95. The lowest BCUT2D eigenvalue weighted by Gasteiger charge is -2.32. The highest BCUT2D eigenvalue weighted by molar-refractivity contribution is 7.12. The van der Waals surface area contributed by atoms with E-state index < -0.39 is 0 Å². The molecule has 0 unspecified atom stereocenters. The highest BCUT2D eigenvalue weighted by atomic mass is 32.1. The third-order valence-electron chi connectivity index (χ3n) is 4.73. The van der Waals surface area contributed by atoms with E-state index in [9.17, 15) is 9.59 Å². The number of piperidine rings is 1. The van der Waals surface area contributed by atoms with Crippen molar-refractivity contribution in [2.75, 3.05) is 27.3 Å². The van der Waals surface area contributed by atoms with Gasteiger partial charge >= 0.3 is 0 Å². The highest BCUT2D eigenvalue weighted by Crippen LogP contribution is 2.28. The van der Waals surface area contributed by atoms with Gasteiger partial charge in [0.25, 0.3) is 5.91 Å². The van der Waals surface area contributed by atoms with Crippen LogP contribution in [-0.2, 0) is 11.2 Å². The number of amides is 2. The number of likely N-dealkylation sites (tertiary alicyclic amines) is 1. The monoisotopic (exact) mass is 388 g/mol. The Morgan fingerprint density at radius 2 is 1.89 bits per heavy atom. The SMILES string of the molecule is COc1ccc(CC(=O)N2CCC(NC(=O)c3cccs3)CC2)cc1OC. The number of carbonyl (C=O) groups excluding carboxylic acids is 2. The molecule has 1 fully saturated rings. The quantitative estimate of drug-likeness (QED) is 0.826. The predicted molar refractivity (Wildman–Crippen MR) is 105 cm³/mol. The Hall–Kier alpha value is -2.54. The maximum atomic E-state index is 12.6. The largest absolute Gasteiger partial charge is 0.493 e. The van der Waals surface area contributed by atoms with Gasteiger partial charge in [-0.3, -0.25) is 9.59 Å². The molecular formula is C20H24N2O4S. The molecule has 7 heteroatoms. The van der Waals surface area contributed by atoms with Gasteiger partial charge in [-0.1, -0.05) is 12.1 Å². The average Bonchev–Trinajstić information content (AvgIpc) is 3.23. The molecule has 0 saturated carbocycles. The highest BCUT2D eigenvalue weighted by Gasteiger charge is 2.24. The van der Waals surface area contributed by atoms with Gasteiger partial charge in [0, 0.05) is 19.1 Å². The van der Waals surface area contributed by atoms with E-state index >= 15 is 0 Å². The first kappa shape index (κ1) is 19.2. The summed E-state index contributed by atoms with van der Waals surface area (Å²) in [4.78, 5) is 27.3. The number of hydrogen-bond acceptors (Lipinski definition) is 5. The number of thiophene rings is 1. The number of nitrogens with zero attached hydrogens (tertiary/aromatic N) is 1. The van der Waals surface area contributed by atoms with Gasteiger partial charge in [-0.05, 0) is 42.0 Å². The van der Waals surface area contributed by atoms with Crippen LogP contribution in [0.4, 0.5) is 0 Å². The number of carbonyl (C=O) groups is 2. The zero-order chi connectivity index (χ0) is 19.2. The molecule has 0 radical (unpaired) electrons. The standard InChI is InChI=1S/C20H24N2O4S/c1-25-16-6-5-14(12-17(16)26-2)13-19(23)22-9-7-15(8-10-22)21-20(24)18-4-3-11-27-18/h3-6,11-12,15H,7-10,13H2,1-2H3,(H,21,24). The summed E-state index contributed by atoms with van der Waals surface area (Å²) in [6.07, 6.45) is 1.87. The number of nitrogens with one attached hydrogen (secondary N) is 1. The Morgan fingerprint density at radius 3 is 2.52 bits per heavy atom. The average molecular weight is 388 g/mol. The van der Waals surface area contributed by atoms with E-state index in [-0.39, 0.29) is 17.9 Å². The number of rotatable bonds is 6. The topological polar surface area (TPSA) is 67.9 Å². The summed E-state index contributed by atoms with van der Waals surface area (Å²) in [7, 11) is 3.17. The zero-order valence-electron chi connectivity index (χ0n) is 15.6. The fourth-order valence-electron chi connectivity index (χ4n) is 3.21. The molecule has 2 heterocycles. The summed E-state index contributed by atoms with van der Waals surface area (Å²) in [5.41, 5.74) is 0.894. The molecule has 2 amide bonds. The first-order valence-electron chi connectivity index (χ1n) is 8.93. The molecule has 0 aliphatic carbocycles. The lowest BCUT2D eigenvalue weighted by atomic mass is 10.0. The Balaban J connectivity index is 1.50. The van der Waals surface area contributed by atoms with Crippen molar-refractivity contribution in [1.82, 2.24) is 10.2 Å². The van der Waals surface area contributed by atoms with Crippen molar-refractivity contribution >= 4 is 23.2 Å². The van der Waals surface area contributed by atoms with Crippen LogP contribution in [-0.4, -0.2) is 50.1 Å². The lowest BCUT2D eigenvalue weighted by molar-refractivity contribution is -0.131. The second-order valence-electron chi connectivity index (χ2n) is 6.47. The summed E-state index contributed by atoms with van der Waals surface area (Å²) in [5.74, 6) is 1.33. The van der Waals surface area contributed by atoms with Crippen LogP contribution in [0.3, 0.4) is 0 Å². The molecular weight excluding hydrogens is 364 g/mol. The van der Waals surface area contributed by atoms with Crippen LogP contribution in [0.15, 0.2) is 35.7 Å². The minimum atomic E-state index is -0.0277. The van der Waals surface area contributed by atoms with Crippen molar-refractivity contribution in [3.05, 3.63) is 46.2 Å². The van der Waals surface area contributed by atoms with Gasteiger partial charge in [-0.25, -0.2) is 0 Å². The maximum Gasteiger partial charge on any atom is 0.261 e. The maximum absolute atomic E-state index is 12.6. The van der Waals surface area contributed by atoms with Crippen LogP contribution in [0.25, 0.3) is 0 Å². The van der Waals surface area contributed by atoms with Crippen LogP contribution in [0.5, 0.6) is 11.5 Å². The molecule has 1 saturated heterocycles. The Bertz CT molecular complexity index is 783. The van der Waals surface area contributed by atoms with Gasteiger partial charge in [0.1, 0.15) is 0 Å². The van der Waals surface area contributed by atoms with Crippen molar-refractivity contribution in [1.29, 1.82) is 0 Å². The van der Waals surface area contributed by atoms with Crippen molar-refractivity contribution < 1.29 is 19.1 Å². The minimum Gasteiger partial charge on any atom is -0.493 e. The molecule has 0 spiro atoms. The molecule has 1 aliphatic rings. The summed E-state index contributed by atoms with van der Waals surface area (Å²) in [6, 6.07) is 9.34. The summed E-state index contributed by atoms with van der Waals surface area (Å²) in [6.45, 7) is 1.31. The molecule has 27 heavy (non-hydrogen) atoms. The number of hydrogen-bond donors (Lipinski definition) is 1. The van der Waals surface area contributed by atoms with Gasteiger partial charge < -0.3 is 19.7 Å². The van der Waals surface area contributed by atoms with Crippen molar-refractivity contribution in [2.24, 2.45) is 0 Å². The molecule has 1 aliphatic heterocycles. The number of benzene rings is 1. The Labute approximate surface area is 163 Å². The summed E-state index contributed by atoms with van der Waals surface area (Å²) < 4.78 is 10.5. The van der Waals surface area contributed by atoms with E-state index in [1.165, 1.54) is 11.3 Å². The first-order chi connectivity index (χ1) is 13.1. The lowest BCUT2D eigenvalue weighted by Crippen LogP contribution is -2.46. The van der Waals surface area contributed by atoms with Gasteiger partial charge in [0.05, 0.1) is 25.5 Å². The molecule has 6 nitrogen and oxygen atoms in total. The van der Waals surface area contributed by atoms with Crippen LogP contribution >= 0.6 is 11.3 Å². The second kappa shape index (κ2) is 8.90. The van der Waals surface area contributed by atoms with Crippen LogP contribution in [0.2, 0.25) is 0 Å². The van der Waals surface area contributed by atoms with E-state index in [2.05, 4.69) is 5.32 Å². The van der Waals surface area contributed by atoms with E-state index in [4.69, 9.17) is 9.47 Å². The molecule has 2 aromatic rings. The molecule has 1 N–H and O–H groups in total. The second-order valence-corrected chi connectivity index (χ2v) is 7.42. The molecule has 0 atom stereocenters. The molecule has 1 aromatic carbocycles. The molecule has 3 rings (SSSR count). The normalized spacial score (nSPS) is 14.7. The van der Waals surface area contributed by atoms with Gasteiger partial charge in [0.15, 0.2) is 11.5 Å².